The maximum absolute atomic E-state index is 12.8. The number of hydrogen-bond donors (Lipinski definition) is 2. The van der Waals surface area contributed by atoms with Gasteiger partial charge < -0.3 is 10.4 Å². The molecule has 0 aliphatic rings. The highest BCUT2D eigenvalue weighted by Gasteiger charge is 2.28. The van der Waals surface area contributed by atoms with E-state index >= 15 is 0 Å². The molecule has 0 heterocycles. The van der Waals surface area contributed by atoms with E-state index in [1.807, 2.05) is 0 Å². The van der Waals surface area contributed by atoms with Gasteiger partial charge in [0.05, 0.1) is 5.41 Å². The van der Waals surface area contributed by atoms with Crippen molar-refractivity contribution in [3.05, 3.63) is 30.1 Å². The maximum atomic E-state index is 12.8. The van der Waals surface area contributed by atoms with Gasteiger partial charge >= 0.3 is 5.97 Å². The topological polar surface area (TPSA) is 66.4 Å². The average molecular weight is 313 g/mol. The minimum absolute atomic E-state index is 0.0900. The summed E-state index contributed by atoms with van der Waals surface area (Å²) in [5, 5.41) is 11.6. The SMILES string of the molecule is CC(CSc1ccc(F)cc1)C(=O)NCC(C)(C)C(=O)O. The molecule has 2 N–H and O–H groups in total. The minimum atomic E-state index is -0.987. The van der Waals surface area contributed by atoms with E-state index in [-0.39, 0.29) is 24.2 Å². The van der Waals surface area contributed by atoms with Crippen molar-refractivity contribution in [3.63, 3.8) is 0 Å². The maximum Gasteiger partial charge on any atom is 0.310 e. The second-order valence-corrected chi connectivity index (χ2v) is 6.67. The predicted octanol–water partition coefficient (Wildman–Crippen LogP) is 2.78. The van der Waals surface area contributed by atoms with Crippen molar-refractivity contribution in [2.24, 2.45) is 11.3 Å². The van der Waals surface area contributed by atoms with Crippen LogP contribution in [0.3, 0.4) is 0 Å². The van der Waals surface area contributed by atoms with E-state index in [0.717, 1.165) is 4.90 Å². The molecule has 0 spiro atoms. The fraction of sp³-hybridized carbons (Fsp3) is 0.467. The van der Waals surface area contributed by atoms with Crippen LogP contribution in [0.4, 0.5) is 4.39 Å². The lowest BCUT2D eigenvalue weighted by Gasteiger charge is -2.21. The zero-order chi connectivity index (χ0) is 16.0. The molecular formula is C15H20FNO3S. The first kappa shape index (κ1) is 17.5. The van der Waals surface area contributed by atoms with E-state index in [4.69, 9.17) is 5.11 Å². The van der Waals surface area contributed by atoms with Gasteiger partial charge in [-0.3, -0.25) is 9.59 Å². The minimum Gasteiger partial charge on any atom is -0.481 e. The summed E-state index contributed by atoms with van der Waals surface area (Å²) in [6.07, 6.45) is 0. The van der Waals surface area contributed by atoms with Gasteiger partial charge in [0.25, 0.3) is 0 Å². The van der Waals surface area contributed by atoms with Crippen LogP contribution in [-0.2, 0) is 9.59 Å². The number of carbonyl (C=O) groups excluding carboxylic acids is 1. The molecule has 1 aromatic carbocycles. The van der Waals surface area contributed by atoms with Gasteiger partial charge in [0.1, 0.15) is 5.82 Å². The van der Waals surface area contributed by atoms with Gasteiger partial charge in [-0.25, -0.2) is 4.39 Å². The molecule has 1 aromatic rings. The highest BCUT2D eigenvalue weighted by molar-refractivity contribution is 7.99. The van der Waals surface area contributed by atoms with Gasteiger partial charge in [0, 0.05) is 23.1 Å². The van der Waals surface area contributed by atoms with Gasteiger partial charge in [-0.05, 0) is 38.1 Å². The molecule has 0 bridgehead atoms. The van der Waals surface area contributed by atoms with Crippen molar-refractivity contribution in [2.45, 2.75) is 25.7 Å². The number of amides is 1. The molecule has 0 aliphatic carbocycles. The molecule has 1 atom stereocenters. The Morgan fingerprint density at radius 2 is 1.90 bits per heavy atom. The molecule has 1 rings (SSSR count). The number of halogens is 1. The van der Waals surface area contributed by atoms with Gasteiger partial charge in [0.15, 0.2) is 0 Å². The molecule has 0 aliphatic heterocycles. The van der Waals surface area contributed by atoms with Crippen LogP contribution in [0.2, 0.25) is 0 Å². The fourth-order valence-corrected chi connectivity index (χ4v) is 2.31. The molecule has 1 amide bonds. The summed E-state index contributed by atoms with van der Waals surface area (Å²) < 4.78 is 12.8. The third-order valence-corrected chi connectivity index (χ3v) is 4.32. The number of hydrogen-bond acceptors (Lipinski definition) is 3. The molecule has 6 heteroatoms. The molecule has 0 saturated heterocycles. The Bertz CT molecular complexity index is 502. The second-order valence-electron chi connectivity index (χ2n) is 5.57. The van der Waals surface area contributed by atoms with Crippen LogP contribution in [0, 0.1) is 17.2 Å². The Labute approximate surface area is 128 Å². The van der Waals surface area contributed by atoms with Crippen LogP contribution in [0.25, 0.3) is 0 Å². The zero-order valence-electron chi connectivity index (χ0n) is 12.4. The van der Waals surface area contributed by atoms with E-state index in [1.165, 1.54) is 23.9 Å². The van der Waals surface area contributed by atoms with E-state index in [1.54, 1.807) is 32.9 Å². The standard InChI is InChI=1S/C15H20FNO3S/c1-10(8-21-12-6-4-11(16)5-7-12)13(18)17-9-15(2,3)14(19)20/h4-7,10H,8-9H2,1-3H3,(H,17,18)(H,19,20). The highest BCUT2D eigenvalue weighted by Crippen LogP contribution is 2.21. The lowest BCUT2D eigenvalue weighted by Crippen LogP contribution is -2.41. The van der Waals surface area contributed by atoms with E-state index in [9.17, 15) is 14.0 Å². The number of carboxylic acids is 1. The monoisotopic (exact) mass is 313 g/mol. The molecule has 4 nitrogen and oxygen atoms in total. The van der Waals surface area contributed by atoms with E-state index < -0.39 is 11.4 Å². The molecule has 21 heavy (non-hydrogen) atoms. The third kappa shape index (κ3) is 5.75. The summed E-state index contributed by atoms with van der Waals surface area (Å²) in [6, 6.07) is 6.08. The molecule has 0 saturated carbocycles. The fourth-order valence-electron chi connectivity index (χ4n) is 1.39. The summed E-state index contributed by atoms with van der Waals surface area (Å²) in [7, 11) is 0. The molecule has 116 valence electrons. The number of carbonyl (C=O) groups is 2. The number of aliphatic carboxylic acids is 1. The summed E-state index contributed by atoms with van der Waals surface area (Å²) in [4.78, 5) is 23.8. The van der Waals surface area contributed by atoms with E-state index in [2.05, 4.69) is 5.32 Å². The summed E-state index contributed by atoms with van der Waals surface area (Å²) in [5.41, 5.74) is -0.987. The molecular weight excluding hydrogens is 293 g/mol. The van der Waals surface area contributed by atoms with Gasteiger partial charge in [-0.15, -0.1) is 11.8 Å². The molecule has 0 aromatic heterocycles. The average Bonchev–Trinajstić information content (AvgIpc) is 2.43. The van der Waals surface area contributed by atoms with Crippen molar-refractivity contribution in [1.29, 1.82) is 0 Å². The number of thioether (sulfide) groups is 1. The molecule has 0 radical (unpaired) electrons. The van der Waals surface area contributed by atoms with Gasteiger partial charge in [-0.1, -0.05) is 6.92 Å². The van der Waals surface area contributed by atoms with Gasteiger partial charge in [-0.2, -0.15) is 0 Å². The molecule has 1 unspecified atom stereocenters. The van der Waals surface area contributed by atoms with Crippen LogP contribution in [0.15, 0.2) is 29.2 Å². The third-order valence-electron chi connectivity index (χ3n) is 3.04. The number of benzene rings is 1. The number of rotatable bonds is 7. The van der Waals surface area contributed by atoms with Crippen LogP contribution >= 0.6 is 11.8 Å². The van der Waals surface area contributed by atoms with Crippen molar-refractivity contribution in [3.8, 4) is 0 Å². The zero-order valence-corrected chi connectivity index (χ0v) is 13.2. The van der Waals surface area contributed by atoms with Crippen LogP contribution < -0.4 is 5.32 Å². The first-order chi connectivity index (χ1) is 9.72. The Hall–Kier alpha value is -1.56. The first-order valence-electron chi connectivity index (χ1n) is 6.62. The molecule has 0 fully saturated rings. The normalized spacial score (nSPS) is 12.8. The smallest absolute Gasteiger partial charge is 0.310 e. The van der Waals surface area contributed by atoms with Crippen molar-refractivity contribution in [2.75, 3.05) is 12.3 Å². The van der Waals surface area contributed by atoms with Crippen molar-refractivity contribution >= 4 is 23.6 Å². The highest BCUT2D eigenvalue weighted by atomic mass is 32.2. The lowest BCUT2D eigenvalue weighted by molar-refractivity contribution is -0.146. The Morgan fingerprint density at radius 1 is 1.33 bits per heavy atom. The summed E-state index contributed by atoms with van der Waals surface area (Å²) >= 11 is 1.46. The van der Waals surface area contributed by atoms with Crippen molar-refractivity contribution < 1.29 is 19.1 Å². The van der Waals surface area contributed by atoms with Crippen LogP contribution in [0.5, 0.6) is 0 Å². The largest absolute Gasteiger partial charge is 0.481 e. The van der Waals surface area contributed by atoms with E-state index in [0.29, 0.717) is 5.75 Å². The van der Waals surface area contributed by atoms with Crippen molar-refractivity contribution in [1.82, 2.24) is 5.32 Å². The number of nitrogens with one attached hydrogen (secondary N) is 1. The Morgan fingerprint density at radius 3 is 2.43 bits per heavy atom. The summed E-state index contributed by atoms with van der Waals surface area (Å²) in [5.74, 6) is -1.13. The Balaban J connectivity index is 2.41. The quantitative estimate of drug-likeness (QED) is 0.760. The first-order valence-corrected chi connectivity index (χ1v) is 7.60. The second kappa shape index (κ2) is 7.45. The Kier molecular flexibility index (Phi) is 6.20. The van der Waals surface area contributed by atoms with Gasteiger partial charge in [0.2, 0.25) is 5.91 Å². The van der Waals surface area contributed by atoms with Crippen LogP contribution in [0.1, 0.15) is 20.8 Å². The van der Waals surface area contributed by atoms with Crippen LogP contribution in [-0.4, -0.2) is 29.3 Å². The predicted molar refractivity (Wildman–Crippen MR) is 80.7 cm³/mol. The summed E-state index contributed by atoms with van der Waals surface area (Å²) in [6.45, 7) is 4.99. The lowest BCUT2D eigenvalue weighted by atomic mass is 9.94. The number of carboxylic acid groups (broad SMARTS) is 1.